The molecule has 0 aliphatic heterocycles. The van der Waals surface area contributed by atoms with E-state index in [9.17, 15) is 9.50 Å². The molecule has 3 heteroatoms. The Labute approximate surface area is 70.8 Å². The normalized spacial score (nSPS) is 10.2. The first kappa shape index (κ1) is 9.00. The Hall–Kier alpha value is -1.09. The van der Waals surface area contributed by atoms with Crippen molar-refractivity contribution in [3.63, 3.8) is 0 Å². The predicted molar refractivity (Wildman–Crippen MR) is 45.6 cm³/mol. The van der Waals surface area contributed by atoms with Crippen molar-refractivity contribution in [2.45, 2.75) is 13.3 Å². The highest BCUT2D eigenvalue weighted by molar-refractivity contribution is 5.39. The van der Waals surface area contributed by atoms with Gasteiger partial charge in [0.15, 0.2) is 0 Å². The molecule has 1 rings (SSSR count). The Morgan fingerprint density at radius 1 is 1.50 bits per heavy atom. The van der Waals surface area contributed by atoms with Gasteiger partial charge in [0, 0.05) is 5.56 Å². The number of hydrogen-bond acceptors (Lipinski definition) is 2. The van der Waals surface area contributed by atoms with Gasteiger partial charge in [0.2, 0.25) is 0 Å². The van der Waals surface area contributed by atoms with Crippen molar-refractivity contribution in [3.05, 3.63) is 29.1 Å². The minimum absolute atomic E-state index is 0.124. The standard InChI is InChI=1S/C9H12FNO/c1-6-7(4-5-11)9(12)3-2-8(6)10/h2-3,12H,4-5,11H2,1H3. The molecule has 0 unspecified atom stereocenters. The highest BCUT2D eigenvalue weighted by Gasteiger charge is 2.07. The highest BCUT2D eigenvalue weighted by Crippen LogP contribution is 2.22. The van der Waals surface area contributed by atoms with Gasteiger partial charge in [0.25, 0.3) is 0 Å². The van der Waals surface area contributed by atoms with Gasteiger partial charge >= 0.3 is 0 Å². The molecule has 0 fully saturated rings. The van der Waals surface area contributed by atoms with Crippen molar-refractivity contribution in [1.29, 1.82) is 0 Å². The van der Waals surface area contributed by atoms with Gasteiger partial charge in [0.1, 0.15) is 11.6 Å². The number of aromatic hydroxyl groups is 1. The molecule has 0 saturated carbocycles. The maximum absolute atomic E-state index is 12.9. The predicted octanol–water partition coefficient (Wildman–Crippen LogP) is 1.34. The van der Waals surface area contributed by atoms with Gasteiger partial charge in [-0.05, 0) is 37.6 Å². The minimum atomic E-state index is -0.295. The zero-order chi connectivity index (χ0) is 9.14. The number of nitrogens with two attached hydrogens (primary N) is 1. The molecule has 12 heavy (non-hydrogen) atoms. The summed E-state index contributed by atoms with van der Waals surface area (Å²) in [5, 5.41) is 9.32. The molecule has 2 nitrogen and oxygen atoms in total. The number of hydrogen-bond donors (Lipinski definition) is 2. The van der Waals surface area contributed by atoms with Crippen LogP contribution in [0.2, 0.25) is 0 Å². The van der Waals surface area contributed by atoms with Crippen LogP contribution in [0.4, 0.5) is 4.39 Å². The summed E-state index contributed by atoms with van der Waals surface area (Å²) in [6.07, 6.45) is 0.509. The zero-order valence-corrected chi connectivity index (χ0v) is 6.97. The second-order valence-corrected chi connectivity index (χ2v) is 2.71. The lowest BCUT2D eigenvalue weighted by atomic mass is 10.0. The number of phenols is 1. The third-order valence-electron chi connectivity index (χ3n) is 1.90. The van der Waals surface area contributed by atoms with Crippen LogP contribution in [0.25, 0.3) is 0 Å². The van der Waals surface area contributed by atoms with Gasteiger partial charge in [-0.15, -0.1) is 0 Å². The molecule has 0 saturated heterocycles. The fourth-order valence-corrected chi connectivity index (χ4v) is 1.17. The van der Waals surface area contributed by atoms with E-state index < -0.39 is 0 Å². The molecule has 3 N–H and O–H groups in total. The lowest BCUT2D eigenvalue weighted by Gasteiger charge is -2.07. The molecule has 0 radical (unpaired) electrons. The molecule has 66 valence electrons. The van der Waals surface area contributed by atoms with Gasteiger partial charge in [-0.1, -0.05) is 0 Å². The number of halogens is 1. The Balaban J connectivity index is 3.14. The molecule has 0 aliphatic rings. The van der Waals surface area contributed by atoms with Crippen molar-refractivity contribution < 1.29 is 9.50 Å². The van der Waals surface area contributed by atoms with Crippen molar-refractivity contribution in [3.8, 4) is 5.75 Å². The Bertz CT molecular complexity index is 286. The van der Waals surface area contributed by atoms with Crippen LogP contribution in [0.1, 0.15) is 11.1 Å². The summed E-state index contributed by atoms with van der Waals surface area (Å²) < 4.78 is 12.9. The van der Waals surface area contributed by atoms with Gasteiger partial charge in [0.05, 0.1) is 0 Å². The van der Waals surface area contributed by atoms with Crippen LogP contribution in [0, 0.1) is 12.7 Å². The third kappa shape index (κ3) is 1.56. The molecule has 1 aromatic carbocycles. The number of benzene rings is 1. The Kier molecular flexibility index (Phi) is 2.65. The average Bonchev–Trinajstić information content (AvgIpc) is 2.06. The first-order valence-corrected chi connectivity index (χ1v) is 3.84. The van der Waals surface area contributed by atoms with Crippen LogP contribution in [-0.2, 0) is 6.42 Å². The van der Waals surface area contributed by atoms with Gasteiger partial charge < -0.3 is 10.8 Å². The molecule has 0 atom stereocenters. The lowest BCUT2D eigenvalue weighted by Crippen LogP contribution is -2.05. The molecule has 0 aromatic heterocycles. The summed E-state index contributed by atoms with van der Waals surface area (Å²) in [5.74, 6) is -0.171. The summed E-state index contributed by atoms with van der Waals surface area (Å²) in [4.78, 5) is 0. The van der Waals surface area contributed by atoms with E-state index in [4.69, 9.17) is 5.73 Å². The molecule has 0 amide bonds. The molecule has 1 aromatic rings. The van der Waals surface area contributed by atoms with Crippen molar-refractivity contribution in [2.75, 3.05) is 6.54 Å². The Morgan fingerprint density at radius 3 is 2.75 bits per heavy atom. The lowest BCUT2D eigenvalue weighted by molar-refractivity contribution is 0.464. The number of rotatable bonds is 2. The van der Waals surface area contributed by atoms with Crippen LogP contribution in [0.15, 0.2) is 12.1 Å². The van der Waals surface area contributed by atoms with E-state index in [1.807, 2.05) is 0 Å². The van der Waals surface area contributed by atoms with Crippen molar-refractivity contribution >= 4 is 0 Å². The van der Waals surface area contributed by atoms with Crippen molar-refractivity contribution in [2.24, 2.45) is 5.73 Å². The third-order valence-corrected chi connectivity index (χ3v) is 1.90. The van der Waals surface area contributed by atoms with Gasteiger partial charge in [-0.3, -0.25) is 0 Å². The molecular weight excluding hydrogens is 157 g/mol. The molecule has 0 aliphatic carbocycles. The molecule has 0 spiro atoms. The molecule has 0 bridgehead atoms. The van der Waals surface area contributed by atoms with E-state index in [1.54, 1.807) is 6.92 Å². The first-order chi connectivity index (χ1) is 5.66. The smallest absolute Gasteiger partial charge is 0.126 e. The fourth-order valence-electron chi connectivity index (χ4n) is 1.17. The second-order valence-electron chi connectivity index (χ2n) is 2.71. The topological polar surface area (TPSA) is 46.2 Å². The van der Waals surface area contributed by atoms with Gasteiger partial charge in [-0.2, -0.15) is 0 Å². The summed E-state index contributed by atoms with van der Waals surface area (Å²) in [6.45, 7) is 2.05. The van der Waals surface area contributed by atoms with Crippen LogP contribution in [-0.4, -0.2) is 11.7 Å². The monoisotopic (exact) mass is 169 g/mol. The maximum Gasteiger partial charge on any atom is 0.126 e. The Morgan fingerprint density at radius 2 is 2.17 bits per heavy atom. The van der Waals surface area contributed by atoms with Crippen LogP contribution in [0.3, 0.4) is 0 Å². The minimum Gasteiger partial charge on any atom is -0.508 e. The highest BCUT2D eigenvalue weighted by atomic mass is 19.1. The van der Waals surface area contributed by atoms with Gasteiger partial charge in [-0.25, -0.2) is 4.39 Å². The van der Waals surface area contributed by atoms with E-state index in [0.717, 1.165) is 0 Å². The quantitative estimate of drug-likeness (QED) is 0.701. The first-order valence-electron chi connectivity index (χ1n) is 3.84. The van der Waals surface area contributed by atoms with Crippen LogP contribution in [0.5, 0.6) is 5.75 Å². The maximum atomic E-state index is 12.9. The largest absolute Gasteiger partial charge is 0.508 e. The van der Waals surface area contributed by atoms with Crippen LogP contribution >= 0.6 is 0 Å². The van der Waals surface area contributed by atoms with E-state index in [0.29, 0.717) is 24.1 Å². The summed E-state index contributed by atoms with van der Waals surface area (Å²) >= 11 is 0. The average molecular weight is 169 g/mol. The van der Waals surface area contributed by atoms with Crippen LogP contribution < -0.4 is 5.73 Å². The summed E-state index contributed by atoms with van der Waals surface area (Å²) in [5.41, 5.74) is 6.41. The fraction of sp³-hybridized carbons (Fsp3) is 0.333. The van der Waals surface area contributed by atoms with E-state index in [-0.39, 0.29) is 11.6 Å². The second kappa shape index (κ2) is 3.54. The number of phenolic OH excluding ortho intramolecular Hbond substituents is 1. The zero-order valence-electron chi connectivity index (χ0n) is 6.97. The molecular formula is C9H12FNO. The van der Waals surface area contributed by atoms with Crippen molar-refractivity contribution in [1.82, 2.24) is 0 Å². The van der Waals surface area contributed by atoms with E-state index in [1.165, 1.54) is 12.1 Å². The SMILES string of the molecule is Cc1c(F)ccc(O)c1CCN. The summed E-state index contributed by atoms with van der Waals surface area (Å²) in [6, 6.07) is 2.61. The van der Waals surface area contributed by atoms with E-state index >= 15 is 0 Å². The molecule has 0 heterocycles. The summed E-state index contributed by atoms with van der Waals surface area (Å²) in [7, 11) is 0. The van der Waals surface area contributed by atoms with E-state index in [2.05, 4.69) is 0 Å².